The van der Waals surface area contributed by atoms with Crippen LogP contribution in [0.15, 0.2) is 53.8 Å². The highest BCUT2D eigenvalue weighted by Crippen LogP contribution is 2.32. The van der Waals surface area contributed by atoms with Crippen molar-refractivity contribution in [1.29, 1.82) is 0 Å². The number of hydrogen-bond acceptors (Lipinski definition) is 4. The first-order chi connectivity index (χ1) is 12.8. The Hall–Kier alpha value is -3.22. The van der Waals surface area contributed by atoms with Gasteiger partial charge in [-0.1, -0.05) is 12.1 Å². The van der Waals surface area contributed by atoms with Crippen molar-refractivity contribution in [3.8, 4) is 11.5 Å². The largest absolute Gasteiger partial charge is 0.490 e. The molecule has 1 aromatic heterocycles. The molecule has 0 saturated carbocycles. The third-order valence-corrected chi connectivity index (χ3v) is 4.17. The molecule has 0 bridgehead atoms. The molecule has 0 spiro atoms. The van der Waals surface area contributed by atoms with Crippen LogP contribution in [0.4, 0.5) is 5.69 Å². The Labute approximate surface area is 151 Å². The van der Waals surface area contributed by atoms with E-state index < -0.39 is 0 Å². The van der Waals surface area contributed by atoms with Gasteiger partial charge in [0.1, 0.15) is 0 Å². The number of nitrogens with one attached hydrogen (secondary N) is 1. The lowest BCUT2D eigenvalue weighted by atomic mass is 10.3. The van der Waals surface area contributed by atoms with Gasteiger partial charge >= 0.3 is 0 Å². The molecule has 2 heterocycles. The van der Waals surface area contributed by atoms with Crippen molar-refractivity contribution in [3.05, 3.63) is 48.8 Å². The fraction of sp³-hybridized carbons (Fsp3) is 0.263. The molecule has 1 aliphatic rings. The van der Waals surface area contributed by atoms with Crippen LogP contribution in [-0.4, -0.2) is 35.3 Å². The lowest BCUT2D eigenvalue weighted by Crippen LogP contribution is -2.23. The van der Waals surface area contributed by atoms with Crippen molar-refractivity contribution in [2.45, 2.75) is 13.0 Å². The third kappa shape index (κ3) is 3.56. The van der Waals surface area contributed by atoms with Gasteiger partial charge in [0, 0.05) is 24.7 Å². The summed E-state index contributed by atoms with van der Waals surface area (Å²) in [5, 5.41) is 3.10. The molecule has 0 amide bonds. The lowest BCUT2D eigenvalue weighted by molar-refractivity contribution is 0.297. The predicted octanol–water partition coefficient (Wildman–Crippen LogP) is 2.62. The molecule has 0 unspecified atom stereocenters. The van der Waals surface area contributed by atoms with Gasteiger partial charge < -0.3 is 25.1 Å². The number of benzene rings is 2. The molecular weight excluding hydrogens is 330 g/mol. The number of aromatic nitrogens is 2. The SMILES string of the molecule is NC(=NCCn1cnc2ccccc21)Nc1ccc2c(c1)OCCCO2. The molecule has 4 rings (SSSR count). The van der Waals surface area contributed by atoms with Gasteiger partial charge in [0.15, 0.2) is 17.5 Å². The van der Waals surface area contributed by atoms with Crippen LogP contribution in [0.5, 0.6) is 11.5 Å². The van der Waals surface area contributed by atoms with E-state index in [-0.39, 0.29) is 0 Å². The highest BCUT2D eigenvalue weighted by atomic mass is 16.5. The molecule has 1 aliphatic heterocycles. The minimum Gasteiger partial charge on any atom is -0.490 e. The molecule has 0 atom stereocenters. The third-order valence-electron chi connectivity index (χ3n) is 4.17. The van der Waals surface area contributed by atoms with E-state index in [9.17, 15) is 0 Å². The summed E-state index contributed by atoms with van der Waals surface area (Å²) in [5.41, 5.74) is 8.91. The first-order valence-corrected chi connectivity index (χ1v) is 8.66. The number of nitrogens with two attached hydrogens (primary N) is 1. The summed E-state index contributed by atoms with van der Waals surface area (Å²) in [6, 6.07) is 13.7. The fourth-order valence-electron chi connectivity index (χ4n) is 2.90. The maximum Gasteiger partial charge on any atom is 0.193 e. The summed E-state index contributed by atoms with van der Waals surface area (Å²) < 4.78 is 13.4. The maximum atomic E-state index is 6.01. The molecule has 0 fully saturated rings. The number of rotatable bonds is 4. The fourth-order valence-corrected chi connectivity index (χ4v) is 2.90. The molecule has 134 valence electrons. The molecule has 0 saturated heterocycles. The second-order valence-electron chi connectivity index (χ2n) is 6.03. The summed E-state index contributed by atoms with van der Waals surface area (Å²) in [4.78, 5) is 8.77. The number of guanidine groups is 1. The average molecular weight is 351 g/mol. The first-order valence-electron chi connectivity index (χ1n) is 8.66. The standard InChI is InChI=1S/C19H21N5O2/c20-19(21-8-9-24-13-22-15-4-1-2-5-16(15)24)23-14-6-7-17-18(12-14)26-11-3-10-25-17/h1-2,4-7,12-13H,3,8-11H2,(H3,20,21,23). The predicted molar refractivity (Wildman–Crippen MR) is 102 cm³/mol. The minimum absolute atomic E-state index is 0.365. The van der Waals surface area contributed by atoms with Crippen LogP contribution in [-0.2, 0) is 6.54 Å². The maximum absolute atomic E-state index is 6.01. The van der Waals surface area contributed by atoms with Gasteiger partial charge in [-0.05, 0) is 24.3 Å². The van der Waals surface area contributed by atoms with Crippen molar-refractivity contribution in [1.82, 2.24) is 9.55 Å². The number of para-hydroxylation sites is 2. The van der Waals surface area contributed by atoms with Crippen LogP contribution in [0, 0.1) is 0 Å². The minimum atomic E-state index is 0.365. The number of fused-ring (bicyclic) bond motifs is 2. The van der Waals surface area contributed by atoms with E-state index in [1.807, 2.05) is 48.8 Å². The number of hydrogen-bond donors (Lipinski definition) is 2. The van der Waals surface area contributed by atoms with Gasteiger partial charge in [0.2, 0.25) is 0 Å². The van der Waals surface area contributed by atoms with Gasteiger partial charge in [-0.3, -0.25) is 4.99 Å². The van der Waals surface area contributed by atoms with Gasteiger partial charge in [0.05, 0.1) is 37.1 Å². The Morgan fingerprint density at radius 3 is 2.92 bits per heavy atom. The van der Waals surface area contributed by atoms with Crippen LogP contribution in [0.25, 0.3) is 11.0 Å². The normalized spacial score (nSPS) is 14.2. The van der Waals surface area contributed by atoms with E-state index >= 15 is 0 Å². The van der Waals surface area contributed by atoms with Crippen molar-refractivity contribution in [3.63, 3.8) is 0 Å². The highest BCUT2D eigenvalue weighted by Gasteiger charge is 2.10. The Morgan fingerprint density at radius 1 is 1.15 bits per heavy atom. The van der Waals surface area contributed by atoms with E-state index in [1.54, 1.807) is 0 Å². The van der Waals surface area contributed by atoms with Gasteiger partial charge in [-0.15, -0.1) is 0 Å². The van der Waals surface area contributed by atoms with Gasteiger partial charge in [0.25, 0.3) is 0 Å². The Balaban J connectivity index is 1.38. The monoisotopic (exact) mass is 351 g/mol. The number of ether oxygens (including phenoxy) is 2. The summed E-state index contributed by atoms with van der Waals surface area (Å²) in [7, 11) is 0. The number of imidazole rings is 1. The molecule has 7 heteroatoms. The van der Waals surface area contributed by atoms with Crippen LogP contribution < -0.4 is 20.5 Å². The Morgan fingerprint density at radius 2 is 2.00 bits per heavy atom. The molecule has 7 nitrogen and oxygen atoms in total. The molecule has 0 radical (unpaired) electrons. The number of nitrogens with zero attached hydrogens (tertiary/aromatic N) is 3. The molecular formula is C19H21N5O2. The van der Waals surface area contributed by atoms with Crippen molar-refractivity contribution in [2.75, 3.05) is 25.1 Å². The van der Waals surface area contributed by atoms with Crippen LogP contribution in [0.2, 0.25) is 0 Å². The summed E-state index contributed by atoms with van der Waals surface area (Å²) >= 11 is 0. The van der Waals surface area contributed by atoms with E-state index in [0.29, 0.717) is 32.3 Å². The van der Waals surface area contributed by atoms with Gasteiger partial charge in [-0.25, -0.2) is 4.98 Å². The second-order valence-corrected chi connectivity index (χ2v) is 6.03. The van der Waals surface area contributed by atoms with E-state index in [2.05, 4.69) is 19.9 Å². The van der Waals surface area contributed by atoms with Crippen molar-refractivity contribution in [2.24, 2.45) is 10.7 Å². The quantitative estimate of drug-likeness (QED) is 0.557. The number of aliphatic imine (C=N–C) groups is 1. The van der Waals surface area contributed by atoms with Crippen molar-refractivity contribution < 1.29 is 9.47 Å². The van der Waals surface area contributed by atoms with Crippen LogP contribution in [0.3, 0.4) is 0 Å². The molecule has 2 aromatic carbocycles. The zero-order chi connectivity index (χ0) is 17.8. The smallest absolute Gasteiger partial charge is 0.193 e. The molecule has 3 aromatic rings. The van der Waals surface area contributed by atoms with E-state index in [1.165, 1.54) is 0 Å². The summed E-state index contributed by atoms with van der Waals surface area (Å²) in [5.74, 6) is 1.85. The number of anilines is 1. The zero-order valence-corrected chi connectivity index (χ0v) is 14.4. The summed E-state index contributed by atoms with van der Waals surface area (Å²) in [6.45, 7) is 2.60. The molecule has 3 N–H and O–H groups in total. The highest BCUT2D eigenvalue weighted by molar-refractivity contribution is 5.92. The zero-order valence-electron chi connectivity index (χ0n) is 14.4. The lowest BCUT2D eigenvalue weighted by Gasteiger charge is -2.11. The van der Waals surface area contributed by atoms with Gasteiger partial charge in [-0.2, -0.15) is 0 Å². The average Bonchev–Trinajstić information content (AvgIpc) is 2.91. The van der Waals surface area contributed by atoms with Crippen molar-refractivity contribution >= 4 is 22.7 Å². The molecule has 26 heavy (non-hydrogen) atoms. The topological polar surface area (TPSA) is 86.7 Å². The van der Waals surface area contributed by atoms with Crippen LogP contribution in [0.1, 0.15) is 6.42 Å². The van der Waals surface area contributed by atoms with E-state index in [4.69, 9.17) is 15.2 Å². The second kappa shape index (κ2) is 7.35. The van der Waals surface area contributed by atoms with Crippen LogP contribution >= 0.6 is 0 Å². The molecule has 0 aliphatic carbocycles. The Kier molecular flexibility index (Phi) is 4.59. The first kappa shape index (κ1) is 16.3. The summed E-state index contributed by atoms with van der Waals surface area (Å²) in [6.07, 6.45) is 2.71. The van der Waals surface area contributed by atoms with E-state index in [0.717, 1.165) is 34.6 Å². The Bertz CT molecular complexity index is 935.